The number of carbonyl (C=O) groups excluding carboxylic acids is 1. The Balaban J connectivity index is 1.60. The molecule has 3 saturated carbocycles. The van der Waals surface area contributed by atoms with Crippen molar-refractivity contribution < 1.29 is 24.5 Å². The van der Waals surface area contributed by atoms with Crippen LogP contribution in [0.5, 0.6) is 0 Å². The van der Waals surface area contributed by atoms with Crippen molar-refractivity contribution in [3.63, 3.8) is 0 Å². The Labute approximate surface area is 146 Å². The molecular weight excluding hydrogens is 320 g/mol. The summed E-state index contributed by atoms with van der Waals surface area (Å²) in [5.41, 5.74) is -1.79. The van der Waals surface area contributed by atoms with Crippen LogP contribution >= 0.6 is 0 Å². The SMILES string of the molecule is C[C@]12C=CC(=O)C=C1CC[C@H]1[C@@H]3CC[C@@](O)(C(=O)O)[C@@]3(C)C[C@@H]3O[C@@]312. The molecule has 7 atom stereocenters. The Bertz CT molecular complexity index is 768. The van der Waals surface area contributed by atoms with Gasteiger partial charge in [0.1, 0.15) is 5.60 Å². The van der Waals surface area contributed by atoms with Crippen LogP contribution in [0.25, 0.3) is 0 Å². The molecule has 0 bridgehead atoms. The van der Waals surface area contributed by atoms with Gasteiger partial charge >= 0.3 is 5.97 Å². The number of carboxylic acid groups (broad SMARTS) is 1. The first-order valence-corrected chi connectivity index (χ1v) is 9.27. The second kappa shape index (κ2) is 4.26. The van der Waals surface area contributed by atoms with Crippen LogP contribution in [-0.4, -0.2) is 39.3 Å². The molecule has 5 rings (SSSR count). The summed E-state index contributed by atoms with van der Waals surface area (Å²) in [6.45, 7) is 4.10. The molecule has 1 spiro atoms. The average Bonchev–Trinajstić information content (AvgIpc) is 3.20. The number of aliphatic hydroxyl groups is 1. The lowest BCUT2D eigenvalue weighted by molar-refractivity contribution is -0.177. The summed E-state index contributed by atoms with van der Waals surface area (Å²) >= 11 is 0. The standard InChI is InChI=1S/C20H24O5/c1-17-7-5-12(21)9-11(17)3-4-14-13-6-8-19(24,16(22)23)18(13,2)10-15-20(14,17)25-15/h5,7,9,13-15,24H,3-4,6,8,10H2,1-2H3,(H,22,23)/t13-,14-,15-,17-,18-,19+,20+/m0/s1. The van der Waals surface area contributed by atoms with E-state index >= 15 is 0 Å². The molecule has 0 aromatic carbocycles. The van der Waals surface area contributed by atoms with Crippen LogP contribution in [0.4, 0.5) is 0 Å². The van der Waals surface area contributed by atoms with E-state index in [4.69, 9.17) is 4.74 Å². The zero-order chi connectivity index (χ0) is 17.8. The third-order valence-electron chi connectivity index (χ3n) is 8.44. The van der Waals surface area contributed by atoms with Gasteiger partial charge in [0.2, 0.25) is 0 Å². The number of carbonyl (C=O) groups is 2. The molecule has 1 aliphatic heterocycles. The van der Waals surface area contributed by atoms with Crippen LogP contribution in [0.1, 0.15) is 46.0 Å². The van der Waals surface area contributed by atoms with Crippen molar-refractivity contribution in [2.75, 3.05) is 0 Å². The van der Waals surface area contributed by atoms with Gasteiger partial charge in [0.25, 0.3) is 0 Å². The van der Waals surface area contributed by atoms with E-state index in [1.807, 2.05) is 13.0 Å². The predicted molar refractivity (Wildman–Crippen MR) is 88.7 cm³/mol. The third kappa shape index (κ3) is 1.50. The van der Waals surface area contributed by atoms with Crippen LogP contribution in [0.2, 0.25) is 0 Å². The molecule has 134 valence electrons. The number of epoxide rings is 1. The van der Waals surface area contributed by atoms with Crippen molar-refractivity contribution in [1.29, 1.82) is 0 Å². The number of ether oxygens (including phenoxy) is 1. The largest absolute Gasteiger partial charge is 0.479 e. The normalized spacial score (nSPS) is 55.6. The van der Waals surface area contributed by atoms with Crippen molar-refractivity contribution in [3.8, 4) is 0 Å². The second-order valence-electron chi connectivity index (χ2n) is 9.08. The van der Waals surface area contributed by atoms with Gasteiger partial charge in [0, 0.05) is 10.8 Å². The number of fused-ring (bicyclic) bond motifs is 3. The van der Waals surface area contributed by atoms with Crippen LogP contribution in [0.3, 0.4) is 0 Å². The minimum Gasteiger partial charge on any atom is -0.479 e. The van der Waals surface area contributed by atoms with E-state index in [-0.39, 0.29) is 34.7 Å². The minimum atomic E-state index is -1.66. The zero-order valence-corrected chi connectivity index (χ0v) is 14.6. The fourth-order valence-corrected chi connectivity index (χ4v) is 7.00. The van der Waals surface area contributed by atoms with Gasteiger partial charge in [0.15, 0.2) is 11.4 Å². The number of allylic oxidation sites excluding steroid dienone is 2. The molecule has 0 aromatic rings. The van der Waals surface area contributed by atoms with Gasteiger partial charge < -0.3 is 14.9 Å². The predicted octanol–water partition coefficient (Wildman–Crippen LogP) is 2.24. The van der Waals surface area contributed by atoms with Crippen molar-refractivity contribution >= 4 is 11.8 Å². The highest BCUT2D eigenvalue weighted by Crippen LogP contribution is 2.75. The highest BCUT2D eigenvalue weighted by molar-refractivity contribution is 6.01. The fourth-order valence-electron chi connectivity index (χ4n) is 7.00. The number of carboxylic acids is 1. The van der Waals surface area contributed by atoms with E-state index in [1.165, 1.54) is 0 Å². The Morgan fingerprint density at radius 2 is 2.04 bits per heavy atom. The van der Waals surface area contributed by atoms with Gasteiger partial charge in [-0.15, -0.1) is 0 Å². The third-order valence-corrected chi connectivity index (χ3v) is 8.44. The van der Waals surface area contributed by atoms with Gasteiger partial charge in [-0.2, -0.15) is 0 Å². The van der Waals surface area contributed by atoms with E-state index in [9.17, 15) is 19.8 Å². The molecule has 0 aromatic heterocycles. The maximum Gasteiger partial charge on any atom is 0.336 e. The zero-order valence-electron chi connectivity index (χ0n) is 14.6. The quantitative estimate of drug-likeness (QED) is 0.713. The maximum absolute atomic E-state index is 11.8. The van der Waals surface area contributed by atoms with Crippen LogP contribution in [-0.2, 0) is 14.3 Å². The number of ketones is 1. The first-order chi connectivity index (χ1) is 11.7. The van der Waals surface area contributed by atoms with E-state index in [1.54, 1.807) is 12.2 Å². The van der Waals surface area contributed by atoms with Gasteiger partial charge in [-0.1, -0.05) is 18.6 Å². The molecule has 2 N–H and O–H groups in total. The summed E-state index contributed by atoms with van der Waals surface area (Å²) in [5.74, 6) is -0.695. The minimum absolute atomic E-state index is 0.0429. The van der Waals surface area contributed by atoms with Crippen LogP contribution in [0.15, 0.2) is 23.8 Å². The van der Waals surface area contributed by atoms with Crippen LogP contribution < -0.4 is 0 Å². The molecule has 4 fully saturated rings. The lowest BCUT2D eigenvalue weighted by Gasteiger charge is -2.55. The van der Waals surface area contributed by atoms with Crippen molar-refractivity contribution in [1.82, 2.24) is 0 Å². The molecule has 0 amide bonds. The van der Waals surface area contributed by atoms with Gasteiger partial charge in [-0.3, -0.25) is 4.79 Å². The summed E-state index contributed by atoms with van der Waals surface area (Å²) in [6.07, 6.45) is 8.72. The fraction of sp³-hybridized carbons (Fsp3) is 0.700. The number of hydrogen-bond acceptors (Lipinski definition) is 4. The summed E-state index contributed by atoms with van der Waals surface area (Å²) in [4.78, 5) is 23.7. The van der Waals surface area contributed by atoms with Gasteiger partial charge in [0.05, 0.1) is 6.10 Å². The Kier molecular flexibility index (Phi) is 2.69. The van der Waals surface area contributed by atoms with E-state index in [0.29, 0.717) is 12.8 Å². The summed E-state index contributed by atoms with van der Waals surface area (Å²) < 4.78 is 6.34. The Morgan fingerprint density at radius 1 is 1.28 bits per heavy atom. The number of rotatable bonds is 1. The van der Waals surface area contributed by atoms with E-state index in [2.05, 4.69) is 6.92 Å². The first-order valence-electron chi connectivity index (χ1n) is 9.27. The summed E-state index contributed by atoms with van der Waals surface area (Å²) in [6, 6.07) is 0. The monoisotopic (exact) mass is 344 g/mol. The molecule has 0 radical (unpaired) electrons. The summed E-state index contributed by atoms with van der Waals surface area (Å²) in [7, 11) is 0. The van der Waals surface area contributed by atoms with Crippen molar-refractivity contribution in [2.45, 2.75) is 63.3 Å². The number of aliphatic carboxylic acids is 1. The highest BCUT2D eigenvalue weighted by Gasteiger charge is 2.81. The molecule has 5 aliphatic rings. The maximum atomic E-state index is 11.8. The second-order valence-corrected chi connectivity index (χ2v) is 9.08. The molecule has 25 heavy (non-hydrogen) atoms. The molecule has 4 aliphatic carbocycles. The lowest BCUT2D eigenvalue weighted by Crippen LogP contribution is -2.61. The van der Waals surface area contributed by atoms with E-state index < -0.39 is 17.0 Å². The summed E-state index contributed by atoms with van der Waals surface area (Å²) in [5, 5.41) is 20.6. The van der Waals surface area contributed by atoms with Gasteiger partial charge in [-0.25, -0.2) is 4.79 Å². The van der Waals surface area contributed by atoms with Crippen LogP contribution in [0, 0.1) is 22.7 Å². The first kappa shape index (κ1) is 15.8. The molecule has 0 unspecified atom stereocenters. The average molecular weight is 344 g/mol. The molecule has 1 saturated heterocycles. The van der Waals surface area contributed by atoms with Crippen molar-refractivity contribution in [2.24, 2.45) is 22.7 Å². The number of hydrogen-bond donors (Lipinski definition) is 2. The Morgan fingerprint density at radius 3 is 2.76 bits per heavy atom. The smallest absolute Gasteiger partial charge is 0.336 e. The molecule has 5 heteroatoms. The molecule has 1 heterocycles. The lowest BCUT2D eigenvalue weighted by atomic mass is 9.47. The topological polar surface area (TPSA) is 87.1 Å². The molecular formula is C20H24O5. The van der Waals surface area contributed by atoms with E-state index in [0.717, 1.165) is 24.8 Å². The van der Waals surface area contributed by atoms with Crippen molar-refractivity contribution in [3.05, 3.63) is 23.8 Å². The highest BCUT2D eigenvalue weighted by atomic mass is 16.6. The Hall–Kier alpha value is -1.46. The van der Waals surface area contributed by atoms with Gasteiger partial charge in [-0.05, 0) is 63.0 Å². The molecule has 5 nitrogen and oxygen atoms in total.